The number of urea groups is 1. The van der Waals surface area contributed by atoms with Gasteiger partial charge < -0.3 is 10.1 Å². The molecule has 1 aliphatic carbocycles. The van der Waals surface area contributed by atoms with Crippen molar-refractivity contribution in [3.63, 3.8) is 0 Å². The van der Waals surface area contributed by atoms with Gasteiger partial charge in [0.25, 0.3) is 5.91 Å². The summed E-state index contributed by atoms with van der Waals surface area (Å²) in [5, 5.41) is 3.80. The fourth-order valence-electron chi connectivity index (χ4n) is 3.21. The van der Waals surface area contributed by atoms with Gasteiger partial charge in [-0.05, 0) is 31.0 Å². The lowest BCUT2D eigenvalue weighted by Gasteiger charge is -2.30. The molecular weight excluding hydrogens is 339 g/mol. The fraction of sp³-hybridized carbons (Fsp3) is 0.500. The van der Waals surface area contributed by atoms with Crippen LogP contribution in [-0.4, -0.2) is 35.5 Å². The summed E-state index contributed by atoms with van der Waals surface area (Å²) >= 11 is 11.9. The van der Waals surface area contributed by atoms with Gasteiger partial charge in [0.2, 0.25) is 0 Å². The van der Waals surface area contributed by atoms with Crippen LogP contribution in [0.1, 0.15) is 32.1 Å². The second-order valence-corrected chi connectivity index (χ2v) is 6.80. The Morgan fingerprint density at radius 2 is 1.91 bits per heavy atom. The van der Waals surface area contributed by atoms with Crippen LogP contribution in [0.25, 0.3) is 0 Å². The standard InChI is InChI=1S/C16H18Cl2N2O3/c17-11-4-5-13(12(18)10-11)23-9-8-20-14(21)16(19-15(20)22)6-2-1-3-7-16/h4-5,10H,1-3,6-9H2,(H,19,22). The van der Waals surface area contributed by atoms with Gasteiger partial charge in [-0.3, -0.25) is 9.69 Å². The first-order valence-electron chi connectivity index (χ1n) is 7.74. The van der Waals surface area contributed by atoms with Crippen LogP contribution in [0.4, 0.5) is 4.79 Å². The van der Waals surface area contributed by atoms with E-state index in [4.69, 9.17) is 27.9 Å². The molecule has 124 valence electrons. The molecule has 7 heteroatoms. The number of ether oxygens (including phenoxy) is 1. The Hall–Kier alpha value is -1.46. The molecule has 1 aromatic carbocycles. The second-order valence-electron chi connectivity index (χ2n) is 5.95. The monoisotopic (exact) mass is 356 g/mol. The molecule has 2 aliphatic rings. The van der Waals surface area contributed by atoms with Crippen LogP contribution in [0, 0.1) is 0 Å². The molecule has 0 atom stereocenters. The molecule has 1 aliphatic heterocycles. The number of carbonyl (C=O) groups excluding carboxylic acids is 2. The first kappa shape index (κ1) is 16.4. The van der Waals surface area contributed by atoms with E-state index in [-0.39, 0.29) is 25.1 Å². The van der Waals surface area contributed by atoms with E-state index in [0.717, 1.165) is 32.1 Å². The molecule has 1 aromatic rings. The lowest BCUT2D eigenvalue weighted by molar-refractivity contribution is -0.132. The topological polar surface area (TPSA) is 58.6 Å². The van der Waals surface area contributed by atoms with Crippen LogP contribution in [-0.2, 0) is 4.79 Å². The molecule has 1 spiro atoms. The van der Waals surface area contributed by atoms with E-state index in [2.05, 4.69) is 5.32 Å². The Labute approximate surface area is 144 Å². The van der Waals surface area contributed by atoms with Crippen molar-refractivity contribution in [2.24, 2.45) is 0 Å². The zero-order chi connectivity index (χ0) is 16.4. The fourth-order valence-corrected chi connectivity index (χ4v) is 3.68. The number of rotatable bonds is 4. The molecule has 3 amide bonds. The van der Waals surface area contributed by atoms with Crippen molar-refractivity contribution in [1.29, 1.82) is 0 Å². The third-order valence-corrected chi connectivity index (χ3v) is 4.95. The van der Waals surface area contributed by atoms with E-state index in [1.807, 2.05) is 0 Å². The van der Waals surface area contributed by atoms with Gasteiger partial charge in [-0.15, -0.1) is 0 Å². The van der Waals surface area contributed by atoms with Gasteiger partial charge in [-0.1, -0.05) is 42.5 Å². The Kier molecular flexibility index (Phi) is 4.69. The Morgan fingerprint density at radius 1 is 1.17 bits per heavy atom. The molecule has 0 bridgehead atoms. The minimum Gasteiger partial charge on any atom is -0.490 e. The minimum atomic E-state index is -0.687. The highest BCUT2D eigenvalue weighted by Gasteiger charge is 2.50. The van der Waals surface area contributed by atoms with Crippen LogP contribution in [0.15, 0.2) is 18.2 Å². The van der Waals surface area contributed by atoms with Crippen molar-refractivity contribution in [3.05, 3.63) is 28.2 Å². The number of nitrogens with one attached hydrogen (secondary N) is 1. The van der Waals surface area contributed by atoms with Gasteiger partial charge in [-0.25, -0.2) is 4.79 Å². The summed E-state index contributed by atoms with van der Waals surface area (Å²) in [5.41, 5.74) is -0.687. The molecule has 5 nitrogen and oxygen atoms in total. The van der Waals surface area contributed by atoms with Gasteiger partial charge >= 0.3 is 6.03 Å². The molecule has 1 saturated heterocycles. The summed E-state index contributed by atoms with van der Waals surface area (Å²) in [5.74, 6) is 0.350. The van der Waals surface area contributed by atoms with E-state index < -0.39 is 5.54 Å². The first-order valence-corrected chi connectivity index (χ1v) is 8.49. The van der Waals surface area contributed by atoms with Crippen LogP contribution < -0.4 is 10.1 Å². The van der Waals surface area contributed by atoms with Gasteiger partial charge in [0, 0.05) is 5.02 Å². The van der Waals surface area contributed by atoms with Crippen molar-refractivity contribution >= 4 is 35.1 Å². The van der Waals surface area contributed by atoms with Gasteiger partial charge in [0.05, 0.1) is 11.6 Å². The quantitative estimate of drug-likeness (QED) is 0.838. The molecule has 1 saturated carbocycles. The van der Waals surface area contributed by atoms with E-state index in [1.165, 1.54) is 4.90 Å². The van der Waals surface area contributed by atoms with Crippen molar-refractivity contribution in [3.8, 4) is 5.75 Å². The van der Waals surface area contributed by atoms with Gasteiger partial charge in [0.15, 0.2) is 0 Å². The molecule has 3 rings (SSSR count). The Morgan fingerprint density at radius 3 is 2.61 bits per heavy atom. The van der Waals surface area contributed by atoms with Crippen LogP contribution in [0.2, 0.25) is 10.0 Å². The Bertz CT molecular complexity index is 630. The first-order chi connectivity index (χ1) is 11.0. The third kappa shape index (κ3) is 3.26. The summed E-state index contributed by atoms with van der Waals surface area (Å²) in [7, 11) is 0. The number of hydrogen-bond donors (Lipinski definition) is 1. The molecule has 1 heterocycles. The maximum atomic E-state index is 12.6. The van der Waals surface area contributed by atoms with E-state index >= 15 is 0 Å². The number of amides is 3. The molecule has 23 heavy (non-hydrogen) atoms. The maximum Gasteiger partial charge on any atom is 0.325 e. The van der Waals surface area contributed by atoms with Crippen LogP contribution in [0.3, 0.4) is 0 Å². The zero-order valence-electron chi connectivity index (χ0n) is 12.6. The molecule has 0 radical (unpaired) electrons. The van der Waals surface area contributed by atoms with Crippen molar-refractivity contribution in [1.82, 2.24) is 10.2 Å². The predicted molar refractivity (Wildman–Crippen MR) is 88.0 cm³/mol. The Balaban J connectivity index is 1.60. The average Bonchev–Trinajstić information content (AvgIpc) is 2.74. The van der Waals surface area contributed by atoms with E-state index in [1.54, 1.807) is 18.2 Å². The van der Waals surface area contributed by atoms with E-state index in [0.29, 0.717) is 15.8 Å². The second kappa shape index (κ2) is 6.57. The van der Waals surface area contributed by atoms with Crippen LogP contribution >= 0.6 is 23.2 Å². The van der Waals surface area contributed by atoms with Gasteiger partial charge in [-0.2, -0.15) is 0 Å². The lowest BCUT2D eigenvalue weighted by atomic mass is 9.82. The molecule has 0 unspecified atom stereocenters. The van der Waals surface area contributed by atoms with Crippen LogP contribution in [0.5, 0.6) is 5.75 Å². The summed E-state index contributed by atoms with van der Waals surface area (Å²) < 4.78 is 5.56. The average molecular weight is 357 g/mol. The van der Waals surface area contributed by atoms with Crippen molar-refractivity contribution in [2.45, 2.75) is 37.6 Å². The number of imide groups is 1. The predicted octanol–water partition coefficient (Wildman–Crippen LogP) is 3.63. The normalized spacial score (nSPS) is 20.0. The zero-order valence-corrected chi connectivity index (χ0v) is 14.1. The highest BCUT2D eigenvalue weighted by molar-refractivity contribution is 6.35. The largest absolute Gasteiger partial charge is 0.490 e. The summed E-state index contributed by atoms with van der Waals surface area (Å²) in [6, 6.07) is 4.60. The molecular formula is C16H18Cl2N2O3. The highest BCUT2D eigenvalue weighted by atomic mass is 35.5. The number of halogens is 2. The van der Waals surface area contributed by atoms with Crippen molar-refractivity contribution < 1.29 is 14.3 Å². The van der Waals surface area contributed by atoms with Crippen molar-refractivity contribution in [2.75, 3.05) is 13.2 Å². The number of carbonyl (C=O) groups is 2. The maximum absolute atomic E-state index is 12.6. The number of hydrogen-bond acceptors (Lipinski definition) is 3. The van der Waals surface area contributed by atoms with Gasteiger partial charge in [0.1, 0.15) is 17.9 Å². The highest BCUT2D eigenvalue weighted by Crippen LogP contribution is 2.33. The molecule has 2 fully saturated rings. The summed E-state index contributed by atoms with van der Waals surface area (Å²) in [6.07, 6.45) is 4.49. The molecule has 1 N–H and O–H groups in total. The third-order valence-electron chi connectivity index (χ3n) is 4.42. The minimum absolute atomic E-state index is 0.131. The smallest absolute Gasteiger partial charge is 0.325 e. The SMILES string of the molecule is O=C1NC2(CCCCC2)C(=O)N1CCOc1ccc(Cl)cc1Cl. The lowest BCUT2D eigenvalue weighted by Crippen LogP contribution is -2.48. The summed E-state index contributed by atoms with van der Waals surface area (Å²) in [6.45, 7) is 0.391. The number of nitrogens with zero attached hydrogens (tertiary/aromatic N) is 1. The van der Waals surface area contributed by atoms with E-state index in [9.17, 15) is 9.59 Å². The number of benzene rings is 1. The summed E-state index contributed by atoms with van der Waals surface area (Å²) in [4.78, 5) is 25.9. The molecule has 0 aromatic heterocycles.